The van der Waals surface area contributed by atoms with Gasteiger partial charge >= 0.3 is 0 Å². The predicted octanol–water partition coefficient (Wildman–Crippen LogP) is 7.80. The molecule has 5 aromatic rings. The van der Waals surface area contributed by atoms with Crippen molar-refractivity contribution < 1.29 is 4.74 Å². The number of ether oxygens (including phenoxy) is 1. The van der Waals surface area contributed by atoms with Gasteiger partial charge < -0.3 is 4.74 Å². The molecule has 1 fully saturated rings. The molecule has 6 rings (SSSR count). The first-order valence-electron chi connectivity index (χ1n) is 14.7. The molecule has 0 amide bonds. The molecule has 0 saturated carbocycles. The van der Waals surface area contributed by atoms with Crippen LogP contribution < -0.4 is 4.74 Å². The molecule has 0 unspecified atom stereocenters. The van der Waals surface area contributed by atoms with Gasteiger partial charge in [0.05, 0.1) is 21.8 Å². The van der Waals surface area contributed by atoms with E-state index >= 15 is 0 Å². The molecule has 0 aliphatic carbocycles. The molecule has 1 atom stereocenters. The van der Waals surface area contributed by atoms with Crippen molar-refractivity contribution in [2.24, 2.45) is 0 Å². The zero-order valence-corrected chi connectivity index (χ0v) is 26.3. The van der Waals surface area contributed by atoms with Gasteiger partial charge in [0.15, 0.2) is 5.82 Å². The van der Waals surface area contributed by atoms with Crippen molar-refractivity contribution >= 4 is 29.3 Å². The van der Waals surface area contributed by atoms with Crippen molar-refractivity contribution in [3.63, 3.8) is 0 Å². The quantitative estimate of drug-likeness (QED) is 0.167. The minimum Gasteiger partial charge on any atom is -0.457 e. The summed E-state index contributed by atoms with van der Waals surface area (Å²) in [6.07, 6.45) is 4.43. The monoisotopic (exact) mass is 624 g/mol. The number of hydrogen-bond acceptors (Lipinski definition) is 6. The lowest BCUT2D eigenvalue weighted by molar-refractivity contribution is 0.113. The summed E-state index contributed by atoms with van der Waals surface area (Å²) in [5.74, 6) is 2.08. The summed E-state index contributed by atoms with van der Waals surface area (Å²) < 4.78 is 8.12. The molecule has 1 aliphatic heterocycles. The Kier molecular flexibility index (Phi) is 9.38. The van der Waals surface area contributed by atoms with Gasteiger partial charge in [0.2, 0.25) is 0 Å². The summed E-state index contributed by atoms with van der Waals surface area (Å²) in [4.78, 5) is 4.94. The van der Waals surface area contributed by atoms with Crippen LogP contribution in [-0.2, 0) is 0 Å². The van der Waals surface area contributed by atoms with Gasteiger partial charge in [0.25, 0.3) is 0 Å². The van der Waals surface area contributed by atoms with E-state index in [9.17, 15) is 0 Å². The lowest BCUT2D eigenvalue weighted by Crippen LogP contribution is -2.48. The zero-order valence-electron chi connectivity index (χ0n) is 24.8. The van der Waals surface area contributed by atoms with Crippen LogP contribution in [0.5, 0.6) is 11.5 Å². The predicted molar refractivity (Wildman–Crippen MR) is 177 cm³/mol. The highest BCUT2D eigenvalue weighted by Crippen LogP contribution is 2.35. The highest BCUT2D eigenvalue weighted by atomic mass is 35.5. The van der Waals surface area contributed by atoms with Crippen LogP contribution in [0, 0.1) is 13.8 Å². The standard InChI is InChI=1S/C35H34Cl2N6O/c1-25-9-6-10-26(2)33(25)43-35(38-39-40-43)34(28-14-7-15-29(23-28)44-30-16-17-31(36)32(37)24-30)42-21-19-41(20-22-42)18-8-13-27-11-4-3-5-12-27/h3-17,23-24,34H,18-22H2,1-2H3/t34-/m0/s1. The third-order valence-electron chi connectivity index (χ3n) is 7.94. The molecule has 224 valence electrons. The molecule has 4 aromatic carbocycles. The van der Waals surface area contributed by atoms with Crippen LogP contribution >= 0.6 is 23.2 Å². The molecule has 0 bridgehead atoms. The third-order valence-corrected chi connectivity index (χ3v) is 8.67. The number of aromatic nitrogens is 4. The fourth-order valence-electron chi connectivity index (χ4n) is 5.72. The van der Waals surface area contributed by atoms with E-state index in [-0.39, 0.29) is 6.04 Å². The first kappa shape index (κ1) is 30.0. The Hall–Kier alpha value is -4.01. The van der Waals surface area contributed by atoms with Crippen LogP contribution in [0.25, 0.3) is 11.8 Å². The molecule has 0 N–H and O–H groups in total. The first-order chi connectivity index (χ1) is 21.5. The van der Waals surface area contributed by atoms with Gasteiger partial charge in [-0.2, -0.15) is 4.68 Å². The van der Waals surface area contributed by atoms with Crippen LogP contribution in [0.4, 0.5) is 0 Å². The molecule has 0 radical (unpaired) electrons. The first-order valence-corrected chi connectivity index (χ1v) is 15.5. The van der Waals surface area contributed by atoms with Crippen molar-refractivity contribution in [3.8, 4) is 17.2 Å². The van der Waals surface area contributed by atoms with Gasteiger partial charge in [0, 0.05) is 38.8 Å². The Labute approximate surface area is 268 Å². The highest BCUT2D eigenvalue weighted by Gasteiger charge is 2.31. The van der Waals surface area contributed by atoms with Crippen LogP contribution in [-0.4, -0.2) is 62.7 Å². The summed E-state index contributed by atoms with van der Waals surface area (Å²) in [6, 6.07) is 29.9. The average molecular weight is 626 g/mol. The van der Waals surface area contributed by atoms with Crippen molar-refractivity contribution in [3.05, 3.63) is 135 Å². The summed E-state index contributed by atoms with van der Waals surface area (Å²) in [6.45, 7) is 8.68. The number of hydrogen-bond donors (Lipinski definition) is 0. The maximum Gasteiger partial charge on any atom is 0.178 e. The number of piperazine rings is 1. The molecular weight excluding hydrogens is 591 g/mol. The van der Waals surface area contributed by atoms with Crippen molar-refractivity contribution in [1.29, 1.82) is 0 Å². The van der Waals surface area contributed by atoms with E-state index < -0.39 is 0 Å². The summed E-state index contributed by atoms with van der Waals surface area (Å²) in [5.41, 5.74) is 5.49. The lowest BCUT2D eigenvalue weighted by atomic mass is 10.0. The Balaban J connectivity index is 1.29. The number of tetrazole rings is 1. The van der Waals surface area contributed by atoms with E-state index in [1.54, 1.807) is 12.1 Å². The Morgan fingerprint density at radius 2 is 1.52 bits per heavy atom. The van der Waals surface area contributed by atoms with E-state index in [1.807, 2.05) is 28.9 Å². The number of benzene rings is 4. The lowest BCUT2D eigenvalue weighted by Gasteiger charge is -2.38. The van der Waals surface area contributed by atoms with Gasteiger partial charge in [0.1, 0.15) is 11.5 Å². The topological polar surface area (TPSA) is 59.3 Å². The van der Waals surface area contributed by atoms with E-state index in [0.29, 0.717) is 21.5 Å². The van der Waals surface area contributed by atoms with Gasteiger partial charge in [-0.15, -0.1) is 5.10 Å². The molecule has 7 nitrogen and oxygen atoms in total. The third kappa shape index (κ3) is 6.87. The normalized spacial score (nSPS) is 15.1. The molecule has 9 heteroatoms. The number of para-hydroxylation sites is 1. The fraction of sp³-hybridized carbons (Fsp3) is 0.229. The van der Waals surface area contributed by atoms with Gasteiger partial charge in [-0.25, -0.2) is 0 Å². The van der Waals surface area contributed by atoms with Gasteiger partial charge in [-0.05, 0) is 70.8 Å². The second-order valence-electron chi connectivity index (χ2n) is 11.0. The minimum absolute atomic E-state index is 0.191. The summed E-state index contributed by atoms with van der Waals surface area (Å²) in [7, 11) is 0. The van der Waals surface area contributed by atoms with E-state index in [2.05, 4.69) is 106 Å². The fourth-order valence-corrected chi connectivity index (χ4v) is 6.01. The summed E-state index contributed by atoms with van der Waals surface area (Å²) in [5, 5.41) is 14.2. The SMILES string of the molecule is Cc1cccc(C)c1-n1nnnc1[C@H](c1cccc(Oc2ccc(Cl)c(Cl)c2)c1)N1CCN(CC=Cc2ccccc2)CC1. The largest absolute Gasteiger partial charge is 0.457 e. The smallest absolute Gasteiger partial charge is 0.178 e. The van der Waals surface area contributed by atoms with Crippen molar-refractivity contribution in [2.45, 2.75) is 19.9 Å². The Morgan fingerprint density at radius 1 is 0.795 bits per heavy atom. The second-order valence-corrected chi connectivity index (χ2v) is 11.8. The minimum atomic E-state index is -0.191. The van der Waals surface area contributed by atoms with E-state index in [0.717, 1.165) is 60.9 Å². The number of halogens is 2. The van der Waals surface area contributed by atoms with Crippen LogP contribution in [0.1, 0.15) is 34.1 Å². The number of nitrogens with zero attached hydrogens (tertiary/aromatic N) is 6. The van der Waals surface area contributed by atoms with Crippen LogP contribution in [0.3, 0.4) is 0 Å². The molecule has 1 aromatic heterocycles. The van der Waals surface area contributed by atoms with Crippen molar-refractivity contribution in [1.82, 2.24) is 30.0 Å². The Morgan fingerprint density at radius 3 is 2.27 bits per heavy atom. The van der Waals surface area contributed by atoms with Crippen molar-refractivity contribution in [2.75, 3.05) is 32.7 Å². The van der Waals surface area contributed by atoms with Crippen LogP contribution in [0.2, 0.25) is 10.0 Å². The Bertz CT molecular complexity index is 1730. The molecular formula is C35H34Cl2N6O. The van der Waals surface area contributed by atoms with Gasteiger partial charge in [-0.1, -0.05) is 96.0 Å². The zero-order chi connectivity index (χ0) is 30.5. The maximum atomic E-state index is 6.25. The van der Waals surface area contributed by atoms with Crippen LogP contribution in [0.15, 0.2) is 97.1 Å². The molecule has 0 spiro atoms. The maximum absolute atomic E-state index is 6.25. The van der Waals surface area contributed by atoms with Gasteiger partial charge in [-0.3, -0.25) is 9.80 Å². The summed E-state index contributed by atoms with van der Waals surface area (Å²) >= 11 is 12.4. The second kappa shape index (κ2) is 13.7. The van der Waals surface area contributed by atoms with E-state index in [1.165, 1.54) is 5.56 Å². The molecule has 1 aliphatic rings. The van der Waals surface area contributed by atoms with E-state index in [4.69, 9.17) is 27.9 Å². The average Bonchev–Trinajstić information content (AvgIpc) is 3.49. The number of rotatable bonds is 9. The molecule has 44 heavy (non-hydrogen) atoms. The molecule has 1 saturated heterocycles. The molecule has 2 heterocycles. The highest BCUT2D eigenvalue weighted by molar-refractivity contribution is 6.42. The number of aryl methyl sites for hydroxylation is 2.